The van der Waals surface area contributed by atoms with Crippen LogP contribution in [0, 0.1) is 0 Å². The number of carbonyl (C=O) groups is 1. The molecule has 1 aromatic carbocycles. The number of fused-ring (bicyclic) bond motifs is 1. The lowest BCUT2D eigenvalue weighted by atomic mass is 9.88. The summed E-state index contributed by atoms with van der Waals surface area (Å²) < 4.78 is 0. The molecule has 3 N–H and O–H groups in total. The van der Waals surface area contributed by atoms with Crippen LogP contribution >= 0.6 is 0 Å². The van der Waals surface area contributed by atoms with Gasteiger partial charge in [-0.25, -0.2) is 0 Å². The summed E-state index contributed by atoms with van der Waals surface area (Å²) in [5.41, 5.74) is 7.72. The topological polar surface area (TPSA) is 55.1 Å². The van der Waals surface area contributed by atoms with Gasteiger partial charge >= 0.3 is 0 Å². The van der Waals surface area contributed by atoms with Crippen molar-refractivity contribution in [2.24, 2.45) is 5.73 Å². The molecular formula is C13H18N2O. The first kappa shape index (κ1) is 11.1. The number of nitrogens with two attached hydrogens (primary N) is 1. The number of amides is 1. The Morgan fingerprint density at radius 2 is 2.25 bits per heavy atom. The van der Waals surface area contributed by atoms with E-state index >= 15 is 0 Å². The normalized spacial score (nSPS) is 23.1. The van der Waals surface area contributed by atoms with Gasteiger partial charge in [0.1, 0.15) is 0 Å². The van der Waals surface area contributed by atoms with Gasteiger partial charge in [0.05, 0.1) is 5.54 Å². The van der Waals surface area contributed by atoms with Crippen LogP contribution < -0.4 is 11.1 Å². The number of primary amides is 1. The Hall–Kier alpha value is -1.35. The Balaban J connectivity index is 2.38. The quantitative estimate of drug-likeness (QED) is 0.800. The number of rotatable bonds is 4. The maximum Gasteiger partial charge on any atom is 0.219 e. The van der Waals surface area contributed by atoms with E-state index < -0.39 is 0 Å². The van der Waals surface area contributed by atoms with Gasteiger partial charge < -0.3 is 11.1 Å². The van der Waals surface area contributed by atoms with Crippen LogP contribution in [0.15, 0.2) is 24.3 Å². The number of carbonyl (C=O) groups excluding carboxylic acids is 1. The maximum atomic E-state index is 11.2. The van der Waals surface area contributed by atoms with E-state index in [2.05, 4.69) is 24.4 Å². The van der Waals surface area contributed by atoms with Crippen LogP contribution in [0.1, 0.15) is 30.9 Å². The van der Waals surface area contributed by atoms with Crippen molar-refractivity contribution >= 4 is 5.91 Å². The molecule has 3 nitrogen and oxygen atoms in total. The smallest absolute Gasteiger partial charge is 0.219 e. The summed E-state index contributed by atoms with van der Waals surface area (Å²) in [5.74, 6) is -0.238. The zero-order chi connectivity index (χ0) is 11.6. The van der Waals surface area contributed by atoms with E-state index in [0.717, 1.165) is 19.4 Å². The largest absolute Gasteiger partial charge is 0.370 e. The first-order valence-electron chi connectivity index (χ1n) is 5.80. The summed E-state index contributed by atoms with van der Waals surface area (Å²) in [6.45, 7) is 2.91. The zero-order valence-electron chi connectivity index (χ0n) is 9.62. The second-order valence-corrected chi connectivity index (χ2v) is 4.41. The highest BCUT2D eigenvalue weighted by Crippen LogP contribution is 2.39. The first-order chi connectivity index (χ1) is 7.68. The second-order valence-electron chi connectivity index (χ2n) is 4.41. The van der Waals surface area contributed by atoms with Gasteiger partial charge in [-0.15, -0.1) is 0 Å². The molecule has 2 rings (SSSR count). The molecule has 0 aromatic heterocycles. The van der Waals surface area contributed by atoms with E-state index in [-0.39, 0.29) is 11.4 Å². The molecule has 1 atom stereocenters. The number of benzene rings is 1. The van der Waals surface area contributed by atoms with Crippen LogP contribution in [0.25, 0.3) is 0 Å². The Bertz CT molecular complexity index is 399. The summed E-state index contributed by atoms with van der Waals surface area (Å²) in [6, 6.07) is 8.31. The third-order valence-corrected chi connectivity index (χ3v) is 3.35. The van der Waals surface area contributed by atoms with Crippen LogP contribution in [0.4, 0.5) is 0 Å². The Morgan fingerprint density at radius 1 is 1.50 bits per heavy atom. The van der Waals surface area contributed by atoms with E-state index in [9.17, 15) is 4.79 Å². The summed E-state index contributed by atoms with van der Waals surface area (Å²) in [5, 5.41) is 3.44. The molecule has 0 saturated carbocycles. The van der Waals surface area contributed by atoms with Gasteiger partial charge in [-0.3, -0.25) is 4.79 Å². The lowest BCUT2D eigenvalue weighted by Gasteiger charge is -2.30. The highest BCUT2D eigenvalue weighted by atomic mass is 16.1. The molecule has 3 heteroatoms. The molecule has 1 unspecified atom stereocenters. The third kappa shape index (κ3) is 1.83. The minimum absolute atomic E-state index is 0.225. The maximum absolute atomic E-state index is 11.2. The molecule has 0 radical (unpaired) electrons. The highest BCUT2D eigenvalue weighted by molar-refractivity contribution is 5.76. The summed E-state index contributed by atoms with van der Waals surface area (Å²) in [7, 11) is 0. The third-order valence-electron chi connectivity index (χ3n) is 3.35. The number of nitrogens with one attached hydrogen (secondary N) is 1. The highest BCUT2D eigenvalue weighted by Gasteiger charge is 2.38. The fraction of sp³-hybridized carbons (Fsp3) is 0.462. The molecule has 1 amide bonds. The van der Waals surface area contributed by atoms with Gasteiger partial charge in [-0.05, 0) is 30.5 Å². The van der Waals surface area contributed by atoms with Crippen molar-refractivity contribution in [3.05, 3.63) is 35.4 Å². The number of hydrogen-bond donors (Lipinski definition) is 2. The van der Waals surface area contributed by atoms with Gasteiger partial charge in [-0.2, -0.15) is 0 Å². The predicted molar refractivity (Wildman–Crippen MR) is 63.9 cm³/mol. The van der Waals surface area contributed by atoms with Crippen molar-refractivity contribution in [2.75, 3.05) is 6.54 Å². The fourth-order valence-electron chi connectivity index (χ4n) is 2.75. The van der Waals surface area contributed by atoms with Crippen LogP contribution in [-0.2, 0) is 16.8 Å². The second kappa shape index (κ2) is 4.26. The lowest BCUT2D eigenvalue weighted by molar-refractivity contribution is -0.119. The average Bonchev–Trinajstić information content (AvgIpc) is 2.58. The molecule has 86 valence electrons. The molecule has 0 aliphatic heterocycles. The van der Waals surface area contributed by atoms with E-state index in [1.807, 2.05) is 12.1 Å². The van der Waals surface area contributed by atoms with Crippen LogP contribution in [-0.4, -0.2) is 12.5 Å². The number of hydrogen-bond acceptors (Lipinski definition) is 2. The molecule has 1 aliphatic carbocycles. The van der Waals surface area contributed by atoms with Crippen LogP contribution in [0.5, 0.6) is 0 Å². The SMILES string of the molecule is CCNC1(CC(N)=O)CCc2ccccc21. The molecule has 1 aromatic rings. The van der Waals surface area contributed by atoms with Crippen LogP contribution in [0.3, 0.4) is 0 Å². The van der Waals surface area contributed by atoms with Gasteiger partial charge in [-0.1, -0.05) is 31.2 Å². The summed E-state index contributed by atoms with van der Waals surface area (Å²) in [4.78, 5) is 11.2. The molecular weight excluding hydrogens is 200 g/mol. The molecule has 16 heavy (non-hydrogen) atoms. The Labute approximate surface area is 96.0 Å². The summed E-state index contributed by atoms with van der Waals surface area (Å²) in [6.07, 6.45) is 2.37. The molecule has 0 saturated heterocycles. The van der Waals surface area contributed by atoms with Crippen molar-refractivity contribution in [3.8, 4) is 0 Å². The molecule has 0 bridgehead atoms. The van der Waals surface area contributed by atoms with E-state index in [4.69, 9.17) is 5.73 Å². The van der Waals surface area contributed by atoms with Gasteiger partial charge in [0.25, 0.3) is 0 Å². The van der Waals surface area contributed by atoms with Gasteiger partial charge in [0, 0.05) is 6.42 Å². The van der Waals surface area contributed by atoms with Gasteiger partial charge in [0.2, 0.25) is 5.91 Å². The van der Waals surface area contributed by atoms with Crippen LogP contribution in [0.2, 0.25) is 0 Å². The van der Waals surface area contributed by atoms with Crippen molar-refractivity contribution in [3.63, 3.8) is 0 Å². The van der Waals surface area contributed by atoms with Crippen molar-refractivity contribution in [1.29, 1.82) is 0 Å². The summed E-state index contributed by atoms with van der Waals surface area (Å²) >= 11 is 0. The monoisotopic (exact) mass is 218 g/mol. The standard InChI is InChI=1S/C13H18N2O/c1-2-15-13(9-12(14)16)8-7-10-5-3-4-6-11(10)13/h3-6,15H,2,7-9H2,1H3,(H2,14,16). The van der Waals surface area contributed by atoms with E-state index in [0.29, 0.717) is 6.42 Å². The molecule has 0 fully saturated rings. The van der Waals surface area contributed by atoms with E-state index in [1.165, 1.54) is 11.1 Å². The minimum Gasteiger partial charge on any atom is -0.370 e. The van der Waals surface area contributed by atoms with Crippen molar-refractivity contribution < 1.29 is 4.79 Å². The zero-order valence-corrected chi connectivity index (χ0v) is 9.62. The molecule has 0 heterocycles. The first-order valence-corrected chi connectivity index (χ1v) is 5.80. The number of aryl methyl sites for hydroxylation is 1. The Kier molecular flexibility index (Phi) is 2.97. The van der Waals surface area contributed by atoms with E-state index in [1.54, 1.807) is 0 Å². The Morgan fingerprint density at radius 3 is 2.94 bits per heavy atom. The van der Waals surface area contributed by atoms with Crippen molar-refractivity contribution in [1.82, 2.24) is 5.32 Å². The molecule has 0 spiro atoms. The predicted octanol–water partition coefficient (Wildman–Crippen LogP) is 1.31. The lowest BCUT2D eigenvalue weighted by Crippen LogP contribution is -2.43. The average molecular weight is 218 g/mol. The molecule has 1 aliphatic rings. The van der Waals surface area contributed by atoms with Crippen molar-refractivity contribution in [2.45, 2.75) is 31.7 Å². The minimum atomic E-state index is -0.238. The fourth-order valence-corrected chi connectivity index (χ4v) is 2.75. The van der Waals surface area contributed by atoms with Gasteiger partial charge in [0.15, 0.2) is 0 Å².